The van der Waals surface area contributed by atoms with Crippen LogP contribution in [-0.4, -0.2) is 44.6 Å². The molecule has 1 fully saturated rings. The Kier molecular flexibility index (Phi) is 4.91. The molecule has 0 radical (unpaired) electrons. The van der Waals surface area contributed by atoms with Gasteiger partial charge in [-0.15, -0.1) is 11.3 Å². The highest BCUT2D eigenvalue weighted by molar-refractivity contribution is 7.99. The van der Waals surface area contributed by atoms with E-state index in [0.29, 0.717) is 26.7 Å². The number of carbonyl (C=O) groups is 2. The number of aromatic nitrogens is 2. The first-order valence-electron chi connectivity index (χ1n) is 8.80. The minimum absolute atomic E-state index is 0.214. The Hall–Kier alpha value is -2.72. The SMILES string of the molecule is CC1(C)NC(=O)N(CCSc2nc3scc(-c4ccc(F)cc4)c3c(=O)[nH]2)C1=O. The molecule has 0 unspecified atom stereocenters. The second kappa shape index (κ2) is 7.27. The normalized spacial score (nSPS) is 15.9. The Morgan fingerprint density at radius 1 is 1.21 bits per heavy atom. The number of nitrogens with one attached hydrogen (secondary N) is 2. The molecule has 1 aliphatic rings. The molecule has 0 spiro atoms. The number of fused-ring (bicyclic) bond motifs is 1. The smallest absolute Gasteiger partial charge is 0.324 e. The monoisotopic (exact) mass is 432 g/mol. The first-order chi connectivity index (χ1) is 13.8. The molecular formula is C19H17FN4O3S2. The maximum atomic E-state index is 13.2. The molecule has 0 aliphatic carbocycles. The van der Waals surface area contributed by atoms with Gasteiger partial charge in [0, 0.05) is 23.2 Å². The fourth-order valence-electron chi connectivity index (χ4n) is 3.09. The topological polar surface area (TPSA) is 95.2 Å². The molecule has 0 bridgehead atoms. The van der Waals surface area contributed by atoms with Crippen LogP contribution in [0, 0.1) is 5.82 Å². The van der Waals surface area contributed by atoms with Gasteiger partial charge in [-0.25, -0.2) is 14.2 Å². The van der Waals surface area contributed by atoms with Crippen molar-refractivity contribution in [3.63, 3.8) is 0 Å². The summed E-state index contributed by atoms with van der Waals surface area (Å²) in [5.74, 6) is -0.213. The molecule has 2 aromatic heterocycles. The Bertz CT molecular complexity index is 1170. The number of hydrogen-bond donors (Lipinski definition) is 2. The van der Waals surface area contributed by atoms with Crippen molar-refractivity contribution in [3.8, 4) is 11.1 Å². The van der Waals surface area contributed by atoms with Crippen molar-refractivity contribution in [2.45, 2.75) is 24.5 Å². The zero-order valence-corrected chi connectivity index (χ0v) is 17.2. The van der Waals surface area contributed by atoms with Gasteiger partial charge in [-0.05, 0) is 31.5 Å². The molecule has 3 heterocycles. The van der Waals surface area contributed by atoms with Gasteiger partial charge >= 0.3 is 6.03 Å². The Morgan fingerprint density at radius 3 is 2.59 bits per heavy atom. The van der Waals surface area contributed by atoms with Gasteiger partial charge in [0.2, 0.25) is 0 Å². The highest BCUT2D eigenvalue weighted by atomic mass is 32.2. The van der Waals surface area contributed by atoms with E-state index in [4.69, 9.17) is 0 Å². The number of hydrogen-bond acceptors (Lipinski definition) is 6. The maximum absolute atomic E-state index is 13.2. The lowest BCUT2D eigenvalue weighted by molar-refractivity contribution is -0.130. The molecule has 150 valence electrons. The molecule has 1 saturated heterocycles. The van der Waals surface area contributed by atoms with Crippen LogP contribution < -0.4 is 10.9 Å². The van der Waals surface area contributed by atoms with Crippen molar-refractivity contribution in [1.82, 2.24) is 20.2 Å². The van der Waals surface area contributed by atoms with Crippen LogP contribution >= 0.6 is 23.1 Å². The largest absolute Gasteiger partial charge is 0.325 e. The summed E-state index contributed by atoms with van der Waals surface area (Å²) in [6.45, 7) is 3.53. The number of nitrogens with zero attached hydrogens (tertiary/aromatic N) is 2. The van der Waals surface area contributed by atoms with Crippen molar-refractivity contribution >= 4 is 45.3 Å². The molecule has 0 atom stereocenters. The third kappa shape index (κ3) is 3.65. The molecule has 0 saturated carbocycles. The zero-order chi connectivity index (χ0) is 20.8. The molecule has 3 aromatic rings. The van der Waals surface area contributed by atoms with Crippen LogP contribution in [-0.2, 0) is 4.79 Å². The molecule has 10 heteroatoms. The second-order valence-electron chi connectivity index (χ2n) is 7.07. The molecule has 2 N–H and O–H groups in total. The van der Waals surface area contributed by atoms with E-state index in [1.807, 2.05) is 5.38 Å². The lowest BCUT2D eigenvalue weighted by Crippen LogP contribution is -2.40. The van der Waals surface area contributed by atoms with Crippen LogP contribution in [0.25, 0.3) is 21.3 Å². The summed E-state index contributed by atoms with van der Waals surface area (Å²) in [5, 5.41) is 5.33. The molecular weight excluding hydrogens is 415 g/mol. The summed E-state index contributed by atoms with van der Waals surface area (Å²) in [5.41, 5.74) is 0.263. The fraction of sp³-hybridized carbons (Fsp3) is 0.263. The van der Waals surface area contributed by atoms with E-state index in [1.54, 1.807) is 26.0 Å². The maximum Gasteiger partial charge on any atom is 0.325 e. The average Bonchev–Trinajstić information content (AvgIpc) is 3.16. The number of urea groups is 1. The van der Waals surface area contributed by atoms with Crippen LogP contribution in [0.15, 0.2) is 39.6 Å². The van der Waals surface area contributed by atoms with Crippen LogP contribution in [0.3, 0.4) is 0 Å². The molecule has 3 amide bonds. The molecule has 29 heavy (non-hydrogen) atoms. The molecule has 1 aliphatic heterocycles. The zero-order valence-electron chi connectivity index (χ0n) is 15.6. The number of carbonyl (C=O) groups excluding carboxylic acids is 2. The van der Waals surface area contributed by atoms with E-state index < -0.39 is 11.6 Å². The highest BCUT2D eigenvalue weighted by Gasteiger charge is 2.43. The van der Waals surface area contributed by atoms with Crippen molar-refractivity contribution in [2.24, 2.45) is 0 Å². The predicted molar refractivity (Wildman–Crippen MR) is 111 cm³/mol. The van der Waals surface area contributed by atoms with Gasteiger partial charge in [0.05, 0.1) is 5.39 Å². The van der Waals surface area contributed by atoms with Crippen LogP contribution in [0.2, 0.25) is 0 Å². The van der Waals surface area contributed by atoms with Gasteiger partial charge < -0.3 is 10.3 Å². The van der Waals surface area contributed by atoms with Crippen molar-refractivity contribution < 1.29 is 14.0 Å². The van der Waals surface area contributed by atoms with Gasteiger partial charge in [-0.2, -0.15) is 0 Å². The Labute approximate surface area is 173 Å². The van der Waals surface area contributed by atoms with Crippen LogP contribution in [0.4, 0.5) is 9.18 Å². The summed E-state index contributed by atoms with van der Waals surface area (Å²) < 4.78 is 13.2. The number of aromatic amines is 1. The molecule has 1 aromatic carbocycles. The minimum atomic E-state index is -0.902. The van der Waals surface area contributed by atoms with Gasteiger partial charge in [-0.3, -0.25) is 14.5 Å². The molecule has 4 rings (SSSR count). The van der Waals surface area contributed by atoms with E-state index in [1.165, 1.54) is 40.1 Å². The predicted octanol–water partition coefficient (Wildman–Crippen LogP) is 3.21. The lowest BCUT2D eigenvalue weighted by Gasteiger charge is -2.15. The van der Waals surface area contributed by atoms with E-state index in [-0.39, 0.29) is 23.8 Å². The van der Waals surface area contributed by atoms with E-state index >= 15 is 0 Å². The van der Waals surface area contributed by atoms with Crippen LogP contribution in [0.1, 0.15) is 13.8 Å². The summed E-state index contributed by atoms with van der Waals surface area (Å²) in [6.07, 6.45) is 0. The lowest BCUT2D eigenvalue weighted by atomic mass is 10.1. The third-order valence-electron chi connectivity index (χ3n) is 4.58. The first kappa shape index (κ1) is 19.6. The Morgan fingerprint density at radius 2 is 1.93 bits per heavy atom. The van der Waals surface area contributed by atoms with Gasteiger partial charge in [0.1, 0.15) is 16.2 Å². The standard InChI is InChI=1S/C19H17FN4O3S2/c1-19(2)16(26)24(18(27)23-19)7-8-28-17-21-14(25)13-12(9-29-15(13)22-17)10-3-5-11(20)6-4-10/h3-6,9H,7-8H2,1-2H3,(H,23,27)(H,21,22,25). The highest BCUT2D eigenvalue weighted by Crippen LogP contribution is 2.31. The van der Waals surface area contributed by atoms with Crippen molar-refractivity contribution in [3.05, 3.63) is 45.8 Å². The van der Waals surface area contributed by atoms with E-state index in [9.17, 15) is 18.8 Å². The number of halogens is 1. The minimum Gasteiger partial charge on any atom is -0.324 e. The quantitative estimate of drug-likeness (QED) is 0.367. The van der Waals surface area contributed by atoms with E-state index in [2.05, 4.69) is 15.3 Å². The summed E-state index contributed by atoms with van der Waals surface area (Å²) in [4.78, 5) is 45.7. The van der Waals surface area contributed by atoms with Gasteiger partial charge in [0.25, 0.3) is 11.5 Å². The number of thiophene rings is 1. The van der Waals surface area contributed by atoms with Crippen molar-refractivity contribution in [2.75, 3.05) is 12.3 Å². The average molecular weight is 433 g/mol. The van der Waals surface area contributed by atoms with E-state index in [0.717, 1.165) is 5.56 Å². The number of thioether (sulfide) groups is 1. The first-order valence-corrected chi connectivity index (χ1v) is 10.7. The molecule has 7 nitrogen and oxygen atoms in total. The fourth-order valence-corrected chi connectivity index (χ4v) is 4.89. The number of imide groups is 1. The number of amides is 3. The van der Waals surface area contributed by atoms with Crippen LogP contribution in [0.5, 0.6) is 0 Å². The summed E-state index contributed by atoms with van der Waals surface area (Å²) in [7, 11) is 0. The van der Waals surface area contributed by atoms with Crippen molar-refractivity contribution in [1.29, 1.82) is 0 Å². The number of benzene rings is 1. The summed E-state index contributed by atoms with van der Waals surface area (Å²) in [6, 6.07) is 5.53. The van der Waals surface area contributed by atoms with Gasteiger partial charge in [-0.1, -0.05) is 23.9 Å². The number of rotatable bonds is 5. The second-order valence-corrected chi connectivity index (χ2v) is 9.01. The summed E-state index contributed by atoms with van der Waals surface area (Å²) >= 11 is 2.60. The third-order valence-corrected chi connectivity index (χ3v) is 6.30. The number of H-pyrrole nitrogens is 1. The Balaban J connectivity index is 1.51. The van der Waals surface area contributed by atoms with Gasteiger partial charge in [0.15, 0.2) is 5.16 Å².